The second kappa shape index (κ2) is 11.6. The molecule has 2 fully saturated rings. The molecule has 1 amide bonds. The van der Waals surface area contributed by atoms with Crippen molar-refractivity contribution in [3.05, 3.63) is 88.4 Å². The number of halogens is 1. The van der Waals surface area contributed by atoms with Gasteiger partial charge < -0.3 is 18.8 Å². The molecule has 2 aliphatic heterocycles. The molecule has 7 nitrogen and oxygen atoms in total. The summed E-state index contributed by atoms with van der Waals surface area (Å²) in [5, 5.41) is 1.12. The third-order valence-corrected chi connectivity index (χ3v) is 8.70. The van der Waals surface area contributed by atoms with E-state index in [0.29, 0.717) is 39.3 Å². The first-order chi connectivity index (χ1) is 19.5. The Morgan fingerprint density at radius 2 is 1.70 bits per heavy atom. The number of hydrogen-bond donors (Lipinski definition) is 0. The zero-order valence-corrected chi connectivity index (χ0v) is 23.6. The lowest BCUT2D eigenvalue weighted by Gasteiger charge is -2.39. The SMILES string of the molecule is CCOC(=O)c1ccc(OC2C[C@H]3CC[C@@H](C2)N3C(=O)c2ccc(CSc3nc4cccc(Cl)c4o3)cc2)cc1. The molecule has 4 aromatic rings. The number of carbonyl (C=O) groups excluding carboxylic acids is 2. The summed E-state index contributed by atoms with van der Waals surface area (Å²) in [5.74, 6) is 1.15. The van der Waals surface area contributed by atoms with Gasteiger partial charge in [0.05, 0.1) is 17.2 Å². The molecule has 9 heteroatoms. The normalized spacial score (nSPS) is 20.1. The summed E-state index contributed by atoms with van der Waals surface area (Å²) in [6, 6.07) is 20.7. The molecule has 2 bridgehead atoms. The number of para-hydroxylation sites is 1. The maximum absolute atomic E-state index is 13.5. The fourth-order valence-corrected chi connectivity index (χ4v) is 6.62. The Balaban J connectivity index is 1.04. The van der Waals surface area contributed by atoms with Crippen molar-refractivity contribution in [2.45, 2.75) is 61.8 Å². The van der Waals surface area contributed by atoms with Gasteiger partial charge in [-0.15, -0.1) is 0 Å². The lowest BCUT2D eigenvalue weighted by atomic mass is 9.98. The summed E-state index contributed by atoms with van der Waals surface area (Å²) in [6.07, 6.45) is 3.61. The maximum Gasteiger partial charge on any atom is 0.338 e. The predicted molar refractivity (Wildman–Crippen MR) is 154 cm³/mol. The van der Waals surface area contributed by atoms with Crippen LogP contribution in [-0.2, 0) is 10.5 Å². The van der Waals surface area contributed by atoms with Crippen molar-refractivity contribution in [2.75, 3.05) is 6.61 Å². The summed E-state index contributed by atoms with van der Waals surface area (Å²) >= 11 is 7.69. The van der Waals surface area contributed by atoms with Gasteiger partial charge in [-0.25, -0.2) is 9.78 Å². The number of nitrogens with zero attached hydrogens (tertiary/aromatic N) is 2. The second-order valence-electron chi connectivity index (χ2n) is 10.1. The van der Waals surface area contributed by atoms with Crippen molar-refractivity contribution in [1.82, 2.24) is 9.88 Å². The molecule has 0 aliphatic carbocycles. The van der Waals surface area contributed by atoms with Crippen LogP contribution >= 0.6 is 23.4 Å². The van der Waals surface area contributed by atoms with Crippen molar-refractivity contribution in [3.8, 4) is 5.75 Å². The van der Waals surface area contributed by atoms with Crippen LogP contribution < -0.4 is 4.74 Å². The van der Waals surface area contributed by atoms with E-state index in [1.165, 1.54) is 11.8 Å². The van der Waals surface area contributed by atoms with Crippen LogP contribution in [0, 0.1) is 0 Å². The number of benzene rings is 3. The Bertz CT molecular complexity index is 1510. The molecule has 6 rings (SSSR count). The molecule has 0 radical (unpaired) electrons. The van der Waals surface area contributed by atoms with Gasteiger partial charge >= 0.3 is 5.97 Å². The minimum absolute atomic E-state index is 0.0381. The number of piperidine rings is 1. The van der Waals surface area contributed by atoms with Crippen molar-refractivity contribution in [2.24, 2.45) is 0 Å². The molecule has 3 aromatic carbocycles. The Morgan fingerprint density at radius 3 is 2.38 bits per heavy atom. The molecule has 3 heterocycles. The van der Waals surface area contributed by atoms with Gasteiger partial charge in [-0.3, -0.25) is 4.79 Å². The molecule has 40 heavy (non-hydrogen) atoms. The van der Waals surface area contributed by atoms with E-state index in [1.54, 1.807) is 25.1 Å². The summed E-state index contributed by atoms with van der Waals surface area (Å²) in [4.78, 5) is 32.0. The van der Waals surface area contributed by atoms with Gasteiger partial charge in [0.1, 0.15) is 17.4 Å². The van der Waals surface area contributed by atoms with E-state index in [1.807, 2.05) is 48.5 Å². The van der Waals surface area contributed by atoms with Crippen molar-refractivity contribution < 1.29 is 23.5 Å². The topological polar surface area (TPSA) is 81.9 Å². The fourth-order valence-electron chi connectivity index (χ4n) is 5.63. The van der Waals surface area contributed by atoms with E-state index in [4.69, 9.17) is 25.5 Å². The van der Waals surface area contributed by atoms with E-state index >= 15 is 0 Å². The van der Waals surface area contributed by atoms with Crippen LogP contribution in [0.3, 0.4) is 0 Å². The smallest absolute Gasteiger partial charge is 0.338 e. The molecular weight excluding hydrogens is 548 g/mol. The number of thioether (sulfide) groups is 1. The lowest BCUT2D eigenvalue weighted by Crippen LogP contribution is -2.49. The van der Waals surface area contributed by atoms with E-state index in [-0.39, 0.29) is 30.1 Å². The number of amides is 1. The number of fused-ring (bicyclic) bond motifs is 3. The number of ether oxygens (including phenoxy) is 2. The maximum atomic E-state index is 13.5. The molecule has 2 saturated heterocycles. The first-order valence-electron chi connectivity index (χ1n) is 13.5. The van der Waals surface area contributed by atoms with Crippen molar-refractivity contribution >= 4 is 46.3 Å². The zero-order valence-electron chi connectivity index (χ0n) is 22.0. The first-order valence-corrected chi connectivity index (χ1v) is 14.9. The lowest BCUT2D eigenvalue weighted by molar-refractivity contribution is 0.0359. The Hall–Kier alpha value is -3.49. The van der Waals surface area contributed by atoms with Crippen LogP contribution in [0.15, 0.2) is 76.4 Å². The molecule has 0 spiro atoms. The number of esters is 1. The first kappa shape index (κ1) is 26.7. The standard InChI is InChI=1S/C31H29ClN2O5S/c1-2-37-30(36)21-10-14-24(15-11-21)38-25-16-22-12-13-23(17-25)34(22)29(35)20-8-6-19(7-9-20)18-40-31-33-27-5-3-4-26(32)28(27)39-31/h3-11,14-15,22-23,25H,2,12-13,16-18H2,1H3/t22-,23+,25?. The van der Waals surface area contributed by atoms with Crippen LogP contribution in [-0.4, -0.2) is 46.6 Å². The van der Waals surface area contributed by atoms with Crippen LogP contribution in [0.5, 0.6) is 5.75 Å². The Kier molecular flexibility index (Phi) is 7.71. The summed E-state index contributed by atoms with van der Waals surface area (Å²) < 4.78 is 17.1. The van der Waals surface area contributed by atoms with Crippen LogP contribution in [0.4, 0.5) is 0 Å². The third-order valence-electron chi connectivity index (χ3n) is 7.50. The van der Waals surface area contributed by atoms with Gasteiger partial charge in [0, 0.05) is 36.2 Å². The average Bonchev–Trinajstić information content (AvgIpc) is 3.51. The van der Waals surface area contributed by atoms with Crippen LogP contribution in [0.2, 0.25) is 5.02 Å². The highest BCUT2D eigenvalue weighted by Crippen LogP contribution is 2.38. The summed E-state index contributed by atoms with van der Waals surface area (Å²) in [7, 11) is 0. The highest BCUT2D eigenvalue weighted by Gasteiger charge is 2.44. The minimum atomic E-state index is -0.334. The van der Waals surface area contributed by atoms with Crippen LogP contribution in [0.25, 0.3) is 11.1 Å². The Labute approximate surface area is 241 Å². The molecule has 0 N–H and O–H groups in total. The fraction of sp³-hybridized carbons (Fsp3) is 0.323. The van der Waals surface area contributed by atoms with E-state index in [9.17, 15) is 9.59 Å². The molecule has 2 aliphatic rings. The summed E-state index contributed by atoms with van der Waals surface area (Å²) in [5.41, 5.74) is 3.64. The van der Waals surface area contributed by atoms with E-state index < -0.39 is 0 Å². The van der Waals surface area contributed by atoms with Gasteiger partial charge in [0.15, 0.2) is 5.58 Å². The Morgan fingerprint density at radius 1 is 1.00 bits per heavy atom. The number of oxazole rings is 1. The van der Waals surface area contributed by atoms with Gasteiger partial charge in [0.2, 0.25) is 0 Å². The van der Waals surface area contributed by atoms with Crippen LogP contribution in [0.1, 0.15) is 58.9 Å². The quantitative estimate of drug-likeness (QED) is 0.162. The third kappa shape index (κ3) is 5.56. The number of carbonyl (C=O) groups is 2. The highest BCUT2D eigenvalue weighted by atomic mass is 35.5. The molecule has 0 saturated carbocycles. The zero-order chi connectivity index (χ0) is 27.6. The second-order valence-corrected chi connectivity index (χ2v) is 11.4. The average molecular weight is 577 g/mol. The predicted octanol–water partition coefficient (Wildman–Crippen LogP) is 7.16. The van der Waals surface area contributed by atoms with E-state index in [0.717, 1.165) is 42.5 Å². The molecule has 3 atom stereocenters. The van der Waals surface area contributed by atoms with Gasteiger partial charge in [-0.2, -0.15) is 0 Å². The molecule has 206 valence electrons. The number of rotatable bonds is 8. The number of hydrogen-bond acceptors (Lipinski definition) is 7. The van der Waals surface area contributed by atoms with E-state index in [2.05, 4.69) is 9.88 Å². The largest absolute Gasteiger partial charge is 0.490 e. The minimum Gasteiger partial charge on any atom is -0.490 e. The van der Waals surface area contributed by atoms with Gasteiger partial charge in [-0.05, 0) is 73.9 Å². The van der Waals surface area contributed by atoms with Gasteiger partial charge in [0.25, 0.3) is 11.1 Å². The number of aromatic nitrogens is 1. The monoisotopic (exact) mass is 576 g/mol. The van der Waals surface area contributed by atoms with Crippen molar-refractivity contribution in [1.29, 1.82) is 0 Å². The molecular formula is C31H29ClN2O5S. The van der Waals surface area contributed by atoms with Crippen molar-refractivity contribution in [3.63, 3.8) is 0 Å². The summed E-state index contributed by atoms with van der Waals surface area (Å²) in [6.45, 7) is 2.13. The highest BCUT2D eigenvalue weighted by molar-refractivity contribution is 7.98. The molecule has 1 unspecified atom stereocenters. The van der Waals surface area contributed by atoms with Gasteiger partial charge in [-0.1, -0.05) is 41.6 Å². The molecule has 1 aromatic heterocycles.